The van der Waals surface area contributed by atoms with Crippen molar-refractivity contribution in [2.75, 3.05) is 13.1 Å². The molecule has 0 radical (unpaired) electrons. The number of rotatable bonds is 6. The molecule has 1 N–H and O–H groups in total. The van der Waals surface area contributed by atoms with Crippen LogP contribution in [-0.4, -0.2) is 13.1 Å². The Labute approximate surface area is 124 Å². The lowest BCUT2D eigenvalue weighted by molar-refractivity contribution is 0.169. The maximum Gasteiger partial charge on any atom is 0.123 e. The van der Waals surface area contributed by atoms with Crippen LogP contribution in [-0.2, 0) is 6.42 Å². The molecule has 1 aliphatic rings. The van der Waals surface area contributed by atoms with Crippen molar-refractivity contribution in [2.45, 2.75) is 33.1 Å². The number of halogens is 2. The highest BCUT2D eigenvalue weighted by molar-refractivity contribution is 9.10. The minimum absolute atomic E-state index is 0.132. The summed E-state index contributed by atoms with van der Waals surface area (Å²) in [6.07, 6.45) is 3.58. The average Bonchev–Trinajstić information content (AvgIpc) is 2.34. The summed E-state index contributed by atoms with van der Waals surface area (Å²) < 4.78 is 14.3. The second-order valence-corrected chi connectivity index (χ2v) is 6.94. The molecule has 0 amide bonds. The van der Waals surface area contributed by atoms with Crippen LogP contribution in [0.4, 0.5) is 4.39 Å². The standard InChI is InChI=1S/C16H23BrFN/c1-11(2)9-19-10-13-4-3-12(13)7-14-8-15(18)5-6-16(14)17/h5-6,8,11-13,19H,3-4,7,9-10H2,1-2H3. The zero-order valence-corrected chi connectivity index (χ0v) is 13.3. The van der Waals surface area contributed by atoms with E-state index in [-0.39, 0.29) is 5.82 Å². The SMILES string of the molecule is CC(C)CNCC1CCC1Cc1cc(F)ccc1Br. The largest absolute Gasteiger partial charge is 0.316 e. The van der Waals surface area contributed by atoms with Crippen LogP contribution in [0.3, 0.4) is 0 Å². The van der Waals surface area contributed by atoms with E-state index in [2.05, 4.69) is 35.1 Å². The van der Waals surface area contributed by atoms with Crippen molar-refractivity contribution in [3.63, 3.8) is 0 Å². The van der Waals surface area contributed by atoms with Gasteiger partial charge in [0.25, 0.3) is 0 Å². The normalized spacial score (nSPS) is 22.6. The molecule has 1 aliphatic carbocycles. The smallest absolute Gasteiger partial charge is 0.123 e. The van der Waals surface area contributed by atoms with Crippen molar-refractivity contribution in [1.29, 1.82) is 0 Å². The van der Waals surface area contributed by atoms with Crippen LogP contribution >= 0.6 is 15.9 Å². The lowest BCUT2D eigenvalue weighted by atomic mass is 9.70. The van der Waals surface area contributed by atoms with Crippen molar-refractivity contribution in [3.05, 3.63) is 34.1 Å². The Morgan fingerprint density at radius 2 is 2.05 bits per heavy atom. The van der Waals surface area contributed by atoms with Crippen LogP contribution in [0.1, 0.15) is 32.3 Å². The number of hydrogen-bond acceptors (Lipinski definition) is 1. The van der Waals surface area contributed by atoms with Crippen molar-refractivity contribution < 1.29 is 4.39 Å². The molecular weight excluding hydrogens is 305 g/mol. The molecule has 1 aromatic rings. The first-order valence-electron chi connectivity index (χ1n) is 7.21. The third kappa shape index (κ3) is 4.28. The molecule has 0 aromatic heterocycles. The highest BCUT2D eigenvalue weighted by atomic mass is 79.9. The monoisotopic (exact) mass is 327 g/mol. The maximum atomic E-state index is 13.3. The molecule has 2 atom stereocenters. The molecule has 1 fully saturated rings. The molecule has 1 aromatic carbocycles. The molecule has 0 aliphatic heterocycles. The maximum absolute atomic E-state index is 13.3. The Morgan fingerprint density at radius 3 is 2.68 bits per heavy atom. The minimum atomic E-state index is -0.132. The predicted molar refractivity (Wildman–Crippen MR) is 81.7 cm³/mol. The average molecular weight is 328 g/mol. The Kier molecular flexibility index (Phi) is 5.40. The fourth-order valence-electron chi connectivity index (χ4n) is 2.72. The fourth-order valence-corrected chi connectivity index (χ4v) is 3.12. The van der Waals surface area contributed by atoms with Gasteiger partial charge in [0.15, 0.2) is 0 Å². The summed E-state index contributed by atoms with van der Waals surface area (Å²) in [6, 6.07) is 4.99. The Balaban J connectivity index is 1.84. The fraction of sp³-hybridized carbons (Fsp3) is 0.625. The van der Waals surface area contributed by atoms with Crippen LogP contribution in [0.15, 0.2) is 22.7 Å². The Hall–Kier alpha value is -0.410. The molecule has 1 saturated carbocycles. The number of benzene rings is 1. The molecule has 2 rings (SSSR count). The van der Waals surface area contributed by atoms with E-state index in [0.29, 0.717) is 11.8 Å². The summed E-state index contributed by atoms with van der Waals surface area (Å²) in [6.45, 7) is 6.66. The van der Waals surface area contributed by atoms with Gasteiger partial charge in [0.05, 0.1) is 0 Å². The number of hydrogen-bond donors (Lipinski definition) is 1. The van der Waals surface area contributed by atoms with Gasteiger partial charge in [0.1, 0.15) is 5.82 Å². The van der Waals surface area contributed by atoms with Crippen LogP contribution in [0.5, 0.6) is 0 Å². The molecule has 1 nitrogen and oxygen atoms in total. The van der Waals surface area contributed by atoms with E-state index >= 15 is 0 Å². The molecule has 0 saturated heterocycles. The van der Waals surface area contributed by atoms with Gasteiger partial charge in [-0.25, -0.2) is 4.39 Å². The van der Waals surface area contributed by atoms with Gasteiger partial charge in [0.2, 0.25) is 0 Å². The zero-order chi connectivity index (χ0) is 13.8. The van der Waals surface area contributed by atoms with Crippen molar-refractivity contribution in [2.24, 2.45) is 17.8 Å². The van der Waals surface area contributed by atoms with Gasteiger partial charge in [-0.15, -0.1) is 0 Å². The van der Waals surface area contributed by atoms with E-state index in [1.54, 1.807) is 6.07 Å². The third-order valence-electron chi connectivity index (χ3n) is 4.02. The Bertz CT molecular complexity index is 419. The molecular formula is C16H23BrFN. The summed E-state index contributed by atoms with van der Waals surface area (Å²) in [5, 5.41) is 3.54. The van der Waals surface area contributed by atoms with E-state index in [0.717, 1.165) is 35.5 Å². The minimum Gasteiger partial charge on any atom is -0.316 e. The summed E-state index contributed by atoms with van der Waals surface area (Å²) in [5.41, 5.74) is 1.11. The van der Waals surface area contributed by atoms with E-state index in [1.165, 1.54) is 18.9 Å². The highest BCUT2D eigenvalue weighted by Gasteiger charge is 2.30. The van der Waals surface area contributed by atoms with Crippen molar-refractivity contribution >= 4 is 15.9 Å². The Morgan fingerprint density at radius 1 is 1.32 bits per heavy atom. The predicted octanol–water partition coefficient (Wildman–Crippen LogP) is 4.40. The van der Waals surface area contributed by atoms with Gasteiger partial charge >= 0.3 is 0 Å². The molecule has 106 valence electrons. The van der Waals surface area contributed by atoms with Crippen LogP contribution in [0, 0.1) is 23.6 Å². The lowest BCUT2D eigenvalue weighted by Gasteiger charge is -2.37. The van der Waals surface area contributed by atoms with Crippen LogP contribution in [0.25, 0.3) is 0 Å². The van der Waals surface area contributed by atoms with Gasteiger partial charge in [-0.05, 0) is 73.9 Å². The van der Waals surface area contributed by atoms with Crippen molar-refractivity contribution in [1.82, 2.24) is 5.32 Å². The molecule has 0 bridgehead atoms. The first kappa shape index (κ1) is 15.0. The molecule has 3 heteroatoms. The summed E-state index contributed by atoms with van der Waals surface area (Å²) >= 11 is 3.52. The first-order valence-corrected chi connectivity index (χ1v) is 8.00. The zero-order valence-electron chi connectivity index (χ0n) is 11.8. The second kappa shape index (κ2) is 6.85. The summed E-state index contributed by atoms with van der Waals surface area (Å²) in [5.74, 6) is 2.04. The van der Waals surface area contributed by atoms with Gasteiger partial charge in [-0.2, -0.15) is 0 Å². The third-order valence-corrected chi connectivity index (χ3v) is 4.80. The van der Waals surface area contributed by atoms with Gasteiger partial charge in [-0.1, -0.05) is 29.8 Å². The van der Waals surface area contributed by atoms with Gasteiger partial charge in [0, 0.05) is 4.47 Å². The van der Waals surface area contributed by atoms with Crippen LogP contribution in [0.2, 0.25) is 0 Å². The van der Waals surface area contributed by atoms with Crippen molar-refractivity contribution in [3.8, 4) is 0 Å². The lowest BCUT2D eigenvalue weighted by Crippen LogP contribution is -2.37. The molecule has 2 unspecified atom stereocenters. The first-order chi connectivity index (χ1) is 9.06. The molecule has 19 heavy (non-hydrogen) atoms. The second-order valence-electron chi connectivity index (χ2n) is 6.09. The van der Waals surface area contributed by atoms with E-state index < -0.39 is 0 Å². The topological polar surface area (TPSA) is 12.0 Å². The van der Waals surface area contributed by atoms with E-state index in [4.69, 9.17) is 0 Å². The summed E-state index contributed by atoms with van der Waals surface area (Å²) in [7, 11) is 0. The summed E-state index contributed by atoms with van der Waals surface area (Å²) in [4.78, 5) is 0. The van der Waals surface area contributed by atoms with E-state index in [9.17, 15) is 4.39 Å². The van der Waals surface area contributed by atoms with Gasteiger partial charge in [-0.3, -0.25) is 0 Å². The quantitative estimate of drug-likeness (QED) is 0.816. The van der Waals surface area contributed by atoms with Crippen LogP contribution < -0.4 is 5.32 Å². The molecule has 0 heterocycles. The number of nitrogens with one attached hydrogen (secondary N) is 1. The highest BCUT2D eigenvalue weighted by Crippen LogP contribution is 2.37. The van der Waals surface area contributed by atoms with Gasteiger partial charge < -0.3 is 5.32 Å². The molecule has 0 spiro atoms. The van der Waals surface area contributed by atoms with E-state index in [1.807, 2.05) is 6.07 Å².